The monoisotopic (exact) mass is 252 g/mol. The summed E-state index contributed by atoms with van der Waals surface area (Å²) >= 11 is 1.72. The van der Waals surface area contributed by atoms with Crippen LogP contribution in [0.15, 0.2) is 17.5 Å². The molecule has 4 heteroatoms. The van der Waals surface area contributed by atoms with E-state index >= 15 is 0 Å². The van der Waals surface area contributed by atoms with E-state index in [0.29, 0.717) is 5.91 Å². The van der Waals surface area contributed by atoms with E-state index in [0.717, 1.165) is 32.6 Å². The van der Waals surface area contributed by atoms with Crippen LogP contribution in [0.25, 0.3) is 0 Å². The van der Waals surface area contributed by atoms with E-state index in [4.69, 9.17) is 0 Å². The molecule has 2 rings (SSSR count). The standard InChI is InChI=1S/C13H20N2OS/c1-3-15(9-11-5-4-8-17-11)12(16)13(2)6-7-14-10-13/h4-5,8,14H,3,6-7,9-10H2,1-2H3. The molecule has 0 aromatic carbocycles. The first-order chi connectivity index (χ1) is 8.15. The van der Waals surface area contributed by atoms with E-state index < -0.39 is 0 Å². The van der Waals surface area contributed by atoms with Gasteiger partial charge in [-0.05, 0) is 38.3 Å². The number of rotatable bonds is 4. The van der Waals surface area contributed by atoms with E-state index in [1.807, 2.05) is 11.0 Å². The van der Waals surface area contributed by atoms with Crippen LogP contribution in [-0.4, -0.2) is 30.4 Å². The van der Waals surface area contributed by atoms with Crippen LogP contribution in [0.4, 0.5) is 0 Å². The van der Waals surface area contributed by atoms with Gasteiger partial charge >= 0.3 is 0 Å². The molecule has 1 unspecified atom stereocenters. The number of nitrogens with zero attached hydrogens (tertiary/aromatic N) is 1. The van der Waals surface area contributed by atoms with Crippen molar-refractivity contribution in [2.45, 2.75) is 26.8 Å². The topological polar surface area (TPSA) is 32.3 Å². The van der Waals surface area contributed by atoms with Gasteiger partial charge in [0.25, 0.3) is 0 Å². The molecule has 0 saturated carbocycles. The van der Waals surface area contributed by atoms with Crippen LogP contribution in [0.5, 0.6) is 0 Å². The van der Waals surface area contributed by atoms with Gasteiger partial charge in [0, 0.05) is 18.0 Å². The highest BCUT2D eigenvalue weighted by atomic mass is 32.1. The van der Waals surface area contributed by atoms with Gasteiger partial charge in [-0.15, -0.1) is 11.3 Å². The van der Waals surface area contributed by atoms with Crippen LogP contribution in [0.1, 0.15) is 25.1 Å². The van der Waals surface area contributed by atoms with Gasteiger partial charge in [-0.2, -0.15) is 0 Å². The first-order valence-electron chi connectivity index (χ1n) is 6.18. The van der Waals surface area contributed by atoms with Gasteiger partial charge in [-0.3, -0.25) is 4.79 Å². The average molecular weight is 252 g/mol. The summed E-state index contributed by atoms with van der Waals surface area (Å²) in [6.07, 6.45) is 0.951. The zero-order valence-corrected chi connectivity index (χ0v) is 11.3. The number of amides is 1. The first kappa shape index (κ1) is 12.6. The minimum Gasteiger partial charge on any atom is -0.337 e. The van der Waals surface area contributed by atoms with Gasteiger partial charge < -0.3 is 10.2 Å². The van der Waals surface area contributed by atoms with E-state index in [1.165, 1.54) is 4.88 Å². The van der Waals surface area contributed by atoms with Gasteiger partial charge in [-0.1, -0.05) is 6.07 Å². The predicted molar refractivity (Wildman–Crippen MR) is 71.0 cm³/mol. The van der Waals surface area contributed by atoms with E-state index in [-0.39, 0.29) is 5.41 Å². The van der Waals surface area contributed by atoms with Crippen molar-refractivity contribution in [2.75, 3.05) is 19.6 Å². The van der Waals surface area contributed by atoms with Crippen LogP contribution in [0.2, 0.25) is 0 Å². The molecule has 1 N–H and O–H groups in total. The summed E-state index contributed by atoms with van der Waals surface area (Å²) < 4.78 is 0. The Labute approximate surface area is 107 Å². The van der Waals surface area contributed by atoms with E-state index in [9.17, 15) is 4.79 Å². The van der Waals surface area contributed by atoms with Crippen molar-refractivity contribution in [3.8, 4) is 0 Å². The lowest BCUT2D eigenvalue weighted by molar-refractivity contribution is -0.140. The van der Waals surface area contributed by atoms with Gasteiger partial charge in [0.2, 0.25) is 5.91 Å². The Morgan fingerprint density at radius 1 is 1.65 bits per heavy atom. The molecule has 17 heavy (non-hydrogen) atoms. The van der Waals surface area contributed by atoms with Crippen LogP contribution in [-0.2, 0) is 11.3 Å². The van der Waals surface area contributed by atoms with Crippen molar-refractivity contribution >= 4 is 17.2 Å². The third kappa shape index (κ3) is 2.69. The molecule has 1 aliphatic rings. The Morgan fingerprint density at radius 3 is 3.00 bits per heavy atom. The van der Waals surface area contributed by atoms with Crippen molar-refractivity contribution in [3.63, 3.8) is 0 Å². The highest BCUT2D eigenvalue weighted by Crippen LogP contribution is 2.28. The number of hydrogen-bond donors (Lipinski definition) is 1. The Bertz CT molecular complexity index is 369. The highest BCUT2D eigenvalue weighted by molar-refractivity contribution is 7.09. The van der Waals surface area contributed by atoms with Crippen molar-refractivity contribution in [3.05, 3.63) is 22.4 Å². The normalized spacial score (nSPS) is 23.9. The smallest absolute Gasteiger partial charge is 0.230 e. The fourth-order valence-corrected chi connectivity index (χ4v) is 3.02. The van der Waals surface area contributed by atoms with Gasteiger partial charge in [0.05, 0.1) is 12.0 Å². The van der Waals surface area contributed by atoms with Crippen LogP contribution >= 0.6 is 11.3 Å². The molecule has 3 nitrogen and oxygen atoms in total. The molecular formula is C13H20N2OS. The second-order valence-corrected chi connectivity index (χ2v) is 5.92. The summed E-state index contributed by atoms with van der Waals surface area (Å²) in [6, 6.07) is 4.13. The summed E-state index contributed by atoms with van der Waals surface area (Å²) in [5.41, 5.74) is -0.201. The van der Waals surface area contributed by atoms with Crippen molar-refractivity contribution < 1.29 is 4.79 Å². The molecule has 0 radical (unpaired) electrons. The Balaban J connectivity index is 2.05. The maximum absolute atomic E-state index is 12.5. The summed E-state index contributed by atoms with van der Waals surface area (Å²) in [5.74, 6) is 0.290. The molecule has 0 aliphatic carbocycles. The SMILES string of the molecule is CCN(Cc1cccs1)C(=O)C1(C)CCNC1. The predicted octanol–water partition coefficient (Wildman–Crippen LogP) is 2.10. The molecule has 1 saturated heterocycles. The molecule has 1 aromatic rings. The molecule has 1 fully saturated rings. The Hall–Kier alpha value is -0.870. The van der Waals surface area contributed by atoms with Gasteiger partial charge in [0.15, 0.2) is 0 Å². The van der Waals surface area contributed by atoms with Crippen molar-refractivity contribution in [1.82, 2.24) is 10.2 Å². The largest absolute Gasteiger partial charge is 0.337 e. The fourth-order valence-electron chi connectivity index (χ4n) is 2.30. The molecule has 1 aromatic heterocycles. The molecule has 0 spiro atoms. The third-order valence-electron chi connectivity index (χ3n) is 3.48. The van der Waals surface area contributed by atoms with Crippen LogP contribution < -0.4 is 5.32 Å². The lowest BCUT2D eigenvalue weighted by Gasteiger charge is -2.30. The van der Waals surface area contributed by atoms with Gasteiger partial charge in [-0.25, -0.2) is 0 Å². The van der Waals surface area contributed by atoms with Crippen molar-refractivity contribution in [1.29, 1.82) is 0 Å². The number of nitrogens with one attached hydrogen (secondary N) is 1. The molecule has 94 valence electrons. The number of carbonyl (C=O) groups is 1. The second-order valence-electron chi connectivity index (χ2n) is 4.89. The first-order valence-corrected chi connectivity index (χ1v) is 7.06. The maximum Gasteiger partial charge on any atom is 0.230 e. The fraction of sp³-hybridized carbons (Fsp3) is 0.615. The summed E-state index contributed by atoms with van der Waals surface area (Å²) in [5, 5.41) is 5.35. The van der Waals surface area contributed by atoms with E-state index in [2.05, 4.69) is 30.6 Å². The molecule has 1 amide bonds. The minimum absolute atomic E-state index is 0.201. The lowest BCUT2D eigenvalue weighted by atomic mass is 9.88. The molecule has 0 bridgehead atoms. The van der Waals surface area contributed by atoms with Gasteiger partial charge in [0.1, 0.15) is 0 Å². The summed E-state index contributed by atoms with van der Waals surface area (Å²) in [6.45, 7) is 7.43. The minimum atomic E-state index is -0.201. The lowest BCUT2D eigenvalue weighted by Crippen LogP contribution is -2.43. The maximum atomic E-state index is 12.5. The van der Waals surface area contributed by atoms with E-state index in [1.54, 1.807) is 11.3 Å². The second kappa shape index (κ2) is 5.19. The number of thiophene rings is 1. The Kier molecular flexibility index (Phi) is 3.84. The molecule has 1 atom stereocenters. The zero-order chi connectivity index (χ0) is 12.3. The number of carbonyl (C=O) groups excluding carboxylic acids is 1. The van der Waals surface area contributed by atoms with Crippen LogP contribution in [0, 0.1) is 5.41 Å². The average Bonchev–Trinajstić information content (AvgIpc) is 2.97. The van der Waals surface area contributed by atoms with Crippen molar-refractivity contribution in [2.24, 2.45) is 5.41 Å². The van der Waals surface area contributed by atoms with Crippen LogP contribution in [0.3, 0.4) is 0 Å². The zero-order valence-electron chi connectivity index (χ0n) is 10.5. The third-order valence-corrected chi connectivity index (χ3v) is 4.34. The quantitative estimate of drug-likeness (QED) is 0.890. The molecule has 1 aliphatic heterocycles. The Morgan fingerprint density at radius 2 is 2.47 bits per heavy atom. The molecule has 2 heterocycles. The molecular weight excluding hydrogens is 232 g/mol. The summed E-state index contributed by atoms with van der Waals surface area (Å²) in [7, 11) is 0. The highest BCUT2D eigenvalue weighted by Gasteiger charge is 2.38. The number of hydrogen-bond acceptors (Lipinski definition) is 3. The summed E-state index contributed by atoms with van der Waals surface area (Å²) in [4.78, 5) is 15.7.